The number of nitrogens with one attached hydrogen (secondary N) is 1. The summed E-state index contributed by atoms with van der Waals surface area (Å²) in [5, 5.41) is 3.43. The predicted molar refractivity (Wildman–Crippen MR) is 75.9 cm³/mol. The topological polar surface area (TPSA) is 31.4 Å². The summed E-state index contributed by atoms with van der Waals surface area (Å²) in [6.07, 6.45) is 1.82. The van der Waals surface area contributed by atoms with Crippen LogP contribution in [0.3, 0.4) is 0 Å². The number of likely N-dealkylation sites (N-methyl/N-ethyl adjacent to an activating group) is 1. The molecule has 18 heavy (non-hydrogen) atoms. The van der Waals surface area contributed by atoms with E-state index in [1.54, 1.807) is 0 Å². The molecule has 2 rings (SSSR count). The Labute approximate surface area is 110 Å². The molecule has 0 saturated carbocycles. The van der Waals surface area contributed by atoms with Crippen molar-refractivity contribution in [3.8, 4) is 0 Å². The fraction of sp³-hybridized carbons (Fsp3) is 0.643. The molecular formula is C14H24N4. The van der Waals surface area contributed by atoms with Crippen molar-refractivity contribution in [2.75, 3.05) is 45.1 Å². The quantitative estimate of drug-likeness (QED) is 0.875. The van der Waals surface area contributed by atoms with Crippen LogP contribution in [0.1, 0.15) is 13.8 Å². The minimum atomic E-state index is 0.165. The molecular weight excluding hydrogens is 224 g/mol. The minimum Gasteiger partial charge on any atom is -0.368 e. The number of aromatic nitrogens is 1. The van der Waals surface area contributed by atoms with Gasteiger partial charge in [-0.25, -0.2) is 4.98 Å². The number of hydrogen-bond donors (Lipinski definition) is 1. The van der Waals surface area contributed by atoms with Crippen LogP contribution in [0.25, 0.3) is 0 Å². The molecule has 0 aliphatic carbocycles. The second-order valence-corrected chi connectivity index (χ2v) is 5.67. The first-order valence-electron chi connectivity index (χ1n) is 6.66. The number of hydrogen-bond acceptors (Lipinski definition) is 4. The van der Waals surface area contributed by atoms with Crippen molar-refractivity contribution in [2.24, 2.45) is 0 Å². The van der Waals surface area contributed by atoms with Gasteiger partial charge in [-0.2, -0.15) is 0 Å². The van der Waals surface area contributed by atoms with Gasteiger partial charge in [0.2, 0.25) is 0 Å². The standard InChI is InChI=1S/C14H24N4/c1-14(2,18-10-8-17(3)9-11-18)12-16-13-6-4-5-7-15-13/h4-7H,8-12H2,1-3H3,(H,15,16). The van der Waals surface area contributed by atoms with Gasteiger partial charge in [0.1, 0.15) is 5.82 Å². The van der Waals surface area contributed by atoms with E-state index in [4.69, 9.17) is 0 Å². The van der Waals surface area contributed by atoms with Crippen molar-refractivity contribution in [3.63, 3.8) is 0 Å². The Balaban J connectivity index is 1.87. The van der Waals surface area contributed by atoms with Crippen LogP contribution in [-0.4, -0.2) is 60.1 Å². The van der Waals surface area contributed by atoms with Gasteiger partial charge in [-0.1, -0.05) is 6.07 Å². The maximum atomic E-state index is 4.30. The smallest absolute Gasteiger partial charge is 0.125 e. The third-order valence-corrected chi connectivity index (χ3v) is 3.73. The van der Waals surface area contributed by atoms with E-state index in [9.17, 15) is 0 Å². The van der Waals surface area contributed by atoms with Crippen LogP contribution in [-0.2, 0) is 0 Å². The fourth-order valence-corrected chi connectivity index (χ4v) is 2.30. The number of rotatable bonds is 4. The summed E-state index contributed by atoms with van der Waals surface area (Å²) < 4.78 is 0. The van der Waals surface area contributed by atoms with Crippen molar-refractivity contribution < 1.29 is 0 Å². The van der Waals surface area contributed by atoms with E-state index in [2.05, 4.69) is 41.0 Å². The SMILES string of the molecule is CN1CCN(C(C)(C)CNc2ccccn2)CC1. The Morgan fingerprint density at radius 3 is 2.56 bits per heavy atom. The van der Waals surface area contributed by atoms with Crippen molar-refractivity contribution in [2.45, 2.75) is 19.4 Å². The van der Waals surface area contributed by atoms with Crippen molar-refractivity contribution >= 4 is 5.82 Å². The highest BCUT2D eigenvalue weighted by atomic mass is 15.3. The molecule has 4 nitrogen and oxygen atoms in total. The molecule has 4 heteroatoms. The first-order chi connectivity index (χ1) is 8.58. The van der Waals surface area contributed by atoms with Gasteiger partial charge in [-0.15, -0.1) is 0 Å². The molecule has 1 aromatic heterocycles. The molecule has 0 aromatic carbocycles. The van der Waals surface area contributed by atoms with Crippen LogP contribution < -0.4 is 5.32 Å². The lowest BCUT2D eigenvalue weighted by atomic mass is 10.0. The van der Waals surface area contributed by atoms with E-state index in [1.807, 2.05) is 24.4 Å². The lowest BCUT2D eigenvalue weighted by Gasteiger charge is -2.43. The molecule has 100 valence electrons. The maximum Gasteiger partial charge on any atom is 0.125 e. The van der Waals surface area contributed by atoms with Gasteiger partial charge >= 0.3 is 0 Å². The highest BCUT2D eigenvalue weighted by molar-refractivity contribution is 5.33. The van der Waals surface area contributed by atoms with Crippen molar-refractivity contribution in [1.29, 1.82) is 0 Å². The number of anilines is 1. The molecule has 1 fully saturated rings. The largest absolute Gasteiger partial charge is 0.368 e. The van der Waals surface area contributed by atoms with Gasteiger partial charge in [0, 0.05) is 44.5 Å². The summed E-state index contributed by atoms with van der Waals surface area (Å²) >= 11 is 0. The summed E-state index contributed by atoms with van der Waals surface area (Å²) in [6, 6.07) is 5.97. The molecule has 2 heterocycles. The fourth-order valence-electron chi connectivity index (χ4n) is 2.30. The van der Waals surface area contributed by atoms with E-state index in [1.165, 1.54) is 0 Å². The zero-order valence-electron chi connectivity index (χ0n) is 11.7. The van der Waals surface area contributed by atoms with Crippen molar-refractivity contribution in [3.05, 3.63) is 24.4 Å². The van der Waals surface area contributed by atoms with E-state index in [-0.39, 0.29) is 5.54 Å². The number of pyridine rings is 1. The van der Waals surface area contributed by atoms with Crippen LogP contribution in [0.5, 0.6) is 0 Å². The molecule has 1 aliphatic rings. The molecule has 1 aromatic rings. The van der Waals surface area contributed by atoms with E-state index < -0.39 is 0 Å². The van der Waals surface area contributed by atoms with E-state index >= 15 is 0 Å². The lowest BCUT2D eigenvalue weighted by molar-refractivity contribution is 0.0698. The third-order valence-electron chi connectivity index (χ3n) is 3.73. The summed E-state index contributed by atoms with van der Waals surface area (Å²) in [7, 11) is 2.19. The minimum absolute atomic E-state index is 0.165. The van der Waals surface area contributed by atoms with Crippen LogP contribution >= 0.6 is 0 Å². The summed E-state index contributed by atoms with van der Waals surface area (Å²) in [4.78, 5) is 9.25. The Morgan fingerprint density at radius 1 is 1.22 bits per heavy atom. The molecule has 0 radical (unpaired) electrons. The van der Waals surface area contributed by atoms with Crippen molar-refractivity contribution in [1.82, 2.24) is 14.8 Å². The molecule has 1 saturated heterocycles. The highest BCUT2D eigenvalue weighted by Gasteiger charge is 2.28. The first-order valence-corrected chi connectivity index (χ1v) is 6.66. The van der Waals surface area contributed by atoms with E-state index in [0.29, 0.717) is 0 Å². The van der Waals surface area contributed by atoms with Gasteiger partial charge in [-0.05, 0) is 33.0 Å². The summed E-state index contributed by atoms with van der Waals surface area (Å²) in [5.74, 6) is 0.958. The average Bonchev–Trinajstić information content (AvgIpc) is 2.38. The van der Waals surface area contributed by atoms with Gasteiger partial charge in [0.25, 0.3) is 0 Å². The van der Waals surface area contributed by atoms with Gasteiger partial charge in [0.15, 0.2) is 0 Å². The Morgan fingerprint density at radius 2 is 1.94 bits per heavy atom. The van der Waals surface area contributed by atoms with E-state index in [0.717, 1.165) is 38.5 Å². The van der Waals surface area contributed by atoms with Crippen LogP contribution in [0, 0.1) is 0 Å². The Hall–Kier alpha value is -1.13. The van der Waals surface area contributed by atoms with Gasteiger partial charge < -0.3 is 10.2 Å². The zero-order valence-corrected chi connectivity index (χ0v) is 11.7. The summed E-state index contributed by atoms with van der Waals surface area (Å²) in [6.45, 7) is 10.1. The number of nitrogens with zero attached hydrogens (tertiary/aromatic N) is 3. The number of piperazine rings is 1. The average molecular weight is 248 g/mol. The molecule has 0 spiro atoms. The second-order valence-electron chi connectivity index (χ2n) is 5.67. The molecule has 1 N–H and O–H groups in total. The predicted octanol–water partition coefficient (Wildman–Crippen LogP) is 1.52. The maximum absolute atomic E-state index is 4.30. The Bertz CT molecular complexity index is 355. The Kier molecular flexibility index (Phi) is 4.19. The molecule has 1 aliphatic heterocycles. The molecule has 0 amide bonds. The van der Waals surface area contributed by atoms with Crippen LogP contribution in [0.4, 0.5) is 5.82 Å². The molecule has 0 bridgehead atoms. The molecule has 0 unspecified atom stereocenters. The third kappa shape index (κ3) is 3.43. The van der Waals surface area contributed by atoms with Crippen LogP contribution in [0.2, 0.25) is 0 Å². The van der Waals surface area contributed by atoms with Crippen LogP contribution in [0.15, 0.2) is 24.4 Å². The normalized spacial score (nSPS) is 18.8. The van der Waals surface area contributed by atoms with Gasteiger partial charge in [-0.3, -0.25) is 4.90 Å². The zero-order chi connectivity index (χ0) is 13.0. The monoisotopic (exact) mass is 248 g/mol. The highest BCUT2D eigenvalue weighted by Crippen LogP contribution is 2.17. The van der Waals surface area contributed by atoms with Gasteiger partial charge in [0.05, 0.1) is 0 Å². The lowest BCUT2D eigenvalue weighted by Crippen LogP contribution is -2.56. The molecule has 0 atom stereocenters. The first kappa shape index (κ1) is 13.3. The second kappa shape index (κ2) is 5.67. The summed E-state index contributed by atoms with van der Waals surface area (Å²) in [5.41, 5.74) is 0.165.